The first kappa shape index (κ1) is 12.4. The third kappa shape index (κ3) is 2.56. The number of allylic oxidation sites excluding steroid dienone is 2. The van der Waals surface area contributed by atoms with E-state index in [2.05, 4.69) is 18.2 Å². The third-order valence-electron chi connectivity index (χ3n) is 4.03. The van der Waals surface area contributed by atoms with Crippen LogP contribution in [-0.4, -0.2) is 18.5 Å². The maximum absolute atomic E-state index is 12.5. The molecular formula is C16H20N2O. The van der Waals surface area contributed by atoms with Gasteiger partial charge in [0.15, 0.2) is 0 Å². The van der Waals surface area contributed by atoms with Crippen molar-refractivity contribution >= 4 is 11.6 Å². The summed E-state index contributed by atoms with van der Waals surface area (Å²) in [5.41, 5.74) is 8.32. The van der Waals surface area contributed by atoms with Crippen molar-refractivity contribution in [3.05, 3.63) is 42.0 Å². The highest BCUT2D eigenvalue weighted by Crippen LogP contribution is 2.29. The predicted octanol–water partition coefficient (Wildman–Crippen LogP) is 2.26. The predicted molar refractivity (Wildman–Crippen MR) is 77.0 cm³/mol. The van der Waals surface area contributed by atoms with E-state index in [0.29, 0.717) is 18.9 Å². The zero-order valence-corrected chi connectivity index (χ0v) is 11.1. The Labute approximate surface area is 114 Å². The van der Waals surface area contributed by atoms with Crippen molar-refractivity contribution in [1.82, 2.24) is 0 Å². The van der Waals surface area contributed by atoms with Gasteiger partial charge in [0.25, 0.3) is 0 Å². The Balaban J connectivity index is 1.80. The molecule has 0 bridgehead atoms. The van der Waals surface area contributed by atoms with Crippen molar-refractivity contribution in [3.63, 3.8) is 0 Å². The first-order chi connectivity index (χ1) is 9.24. The summed E-state index contributed by atoms with van der Waals surface area (Å²) in [5, 5.41) is 0. The van der Waals surface area contributed by atoms with Gasteiger partial charge in [-0.05, 0) is 36.8 Å². The summed E-state index contributed by atoms with van der Waals surface area (Å²) in [6, 6.07) is 8.16. The van der Waals surface area contributed by atoms with Gasteiger partial charge >= 0.3 is 0 Å². The number of para-hydroxylation sites is 1. The van der Waals surface area contributed by atoms with Crippen LogP contribution in [0.25, 0.3) is 0 Å². The van der Waals surface area contributed by atoms with Crippen LogP contribution in [0.2, 0.25) is 0 Å². The molecule has 2 aliphatic rings. The standard InChI is InChI=1S/C16H20N2O/c17-14-10-13-7-3-4-8-15(13)18(11-14)16(19)9-12-5-1-2-6-12/h1,3-5,7-8,12,14H,2,6,9-11,17H2. The molecule has 3 nitrogen and oxygen atoms in total. The van der Waals surface area contributed by atoms with Crippen molar-refractivity contribution in [2.45, 2.75) is 31.7 Å². The summed E-state index contributed by atoms with van der Waals surface area (Å²) in [6.07, 6.45) is 8.03. The number of rotatable bonds is 2. The first-order valence-corrected chi connectivity index (χ1v) is 7.04. The maximum atomic E-state index is 12.5. The fourth-order valence-electron chi connectivity index (χ4n) is 3.06. The summed E-state index contributed by atoms with van der Waals surface area (Å²) < 4.78 is 0. The van der Waals surface area contributed by atoms with E-state index >= 15 is 0 Å². The second-order valence-electron chi connectivity index (χ2n) is 5.57. The summed E-state index contributed by atoms with van der Waals surface area (Å²) >= 11 is 0. The molecule has 1 amide bonds. The van der Waals surface area contributed by atoms with E-state index in [9.17, 15) is 4.79 Å². The van der Waals surface area contributed by atoms with Crippen molar-refractivity contribution in [2.75, 3.05) is 11.4 Å². The van der Waals surface area contributed by atoms with Crippen LogP contribution in [0.5, 0.6) is 0 Å². The molecule has 0 saturated heterocycles. The molecule has 1 aromatic rings. The number of nitrogens with zero attached hydrogens (tertiary/aromatic N) is 1. The van der Waals surface area contributed by atoms with Crippen LogP contribution >= 0.6 is 0 Å². The van der Waals surface area contributed by atoms with E-state index in [1.807, 2.05) is 23.1 Å². The van der Waals surface area contributed by atoms with Gasteiger partial charge in [-0.1, -0.05) is 30.4 Å². The van der Waals surface area contributed by atoms with Gasteiger partial charge in [-0.25, -0.2) is 0 Å². The lowest BCUT2D eigenvalue weighted by molar-refractivity contribution is -0.119. The molecule has 19 heavy (non-hydrogen) atoms. The third-order valence-corrected chi connectivity index (χ3v) is 4.03. The fraction of sp³-hybridized carbons (Fsp3) is 0.438. The van der Waals surface area contributed by atoms with Crippen LogP contribution in [0, 0.1) is 5.92 Å². The second-order valence-corrected chi connectivity index (χ2v) is 5.57. The largest absolute Gasteiger partial charge is 0.326 e. The SMILES string of the molecule is NC1Cc2ccccc2N(C(=O)CC2C=CCC2)C1. The quantitative estimate of drug-likeness (QED) is 0.825. The number of carbonyl (C=O) groups is 1. The molecule has 0 saturated carbocycles. The highest BCUT2D eigenvalue weighted by Gasteiger charge is 2.27. The Kier molecular flexibility index (Phi) is 3.38. The van der Waals surface area contributed by atoms with Crippen LogP contribution in [0.1, 0.15) is 24.8 Å². The minimum absolute atomic E-state index is 0.0537. The molecule has 0 aromatic heterocycles. The van der Waals surface area contributed by atoms with Crippen molar-refractivity contribution in [1.29, 1.82) is 0 Å². The molecular weight excluding hydrogens is 236 g/mol. The minimum Gasteiger partial charge on any atom is -0.326 e. The van der Waals surface area contributed by atoms with E-state index in [4.69, 9.17) is 5.73 Å². The van der Waals surface area contributed by atoms with Gasteiger partial charge in [0.1, 0.15) is 0 Å². The Bertz CT molecular complexity index is 509. The van der Waals surface area contributed by atoms with Gasteiger partial charge in [0.05, 0.1) is 0 Å². The van der Waals surface area contributed by atoms with Crippen LogP contribution in [0.3, 0.4) is 0 Å². The smallest absolute Gasteiger partial charge is 0.227 e. The number of fused-ring (bicyclic) bond motifs is 1. The monoisotopic (exact) mass is 256 g/mol. The molecule has 1 aliphatic carbocycles. The molecule has 2 unspecified atom stereocenters. The molecule has 0 fully saturated rings. The molecule has 2 N–H and O–H groups in total. The van der Waals surface area contributed by atoms with Gasteiger partial charge in [-0.3, -0.25) is 4.79 Å². The Morgan fingerprint density at radius 2 is 2.21 bits per heavy atom. The summed E-state index contributed by atoms with van der Waals surface area (Å²) in [4.78, 5) is 14.4. The average molecular weight is 256 g/mol. The normalized spacial score (nSPS) is 25.4. The number of carbonyl (C=O) groups excluding carboxylic acids is 1. The Morgan fingerprint density at radius 3 is 3.00 bits per heavy atom. The topological polar surface area (TPSA) is 46.3 Å². The zero-order valence-electron chi connectivity index (χ0n) is 11.1. The van der Waals surface area contributed by atoms with Crippen molar-refractivity contribution in [2.24, 2.45) is 11.7 Å². The van der Waals surface area contributed by atoms with Crippen LogP contribution < -0.4 is 10.6 Å². The second kappa shape index (κ2) is 5.17. The molecule has 0 radical (unpaired) electrons. The van der Waals surface area contributed by atoms with Crippen LogP contribution in [-0.2, 0) is 11.2 Å². The maximum Gasteiger partial charge on any atom is 0.227 e. The molecule has 3 rings (SSSR count). The van der Waals surface area contributed by atoms with Gasteiger partial charge in [-0.15, -0.1) is 0 Å². The summed E-state index contributed by atoms with van der Waals surface area (Å²) in [7, 11) is 0. The number of anilines is 1. The summed E-state index contributed by atoms with van der Waals surface area (Å²) in [5.74, 6) is 0.622. The molecule has 3 heteroatoms. The number of benzene rings is 1. The Morgan fingerprint density at radius 1 is 1.37 bits per heavy atom. The molecule has 100 valence electrons. The van der Waals surface area contributed by atoms with Crippen LogP contribution in [0.4, 0.5) is 5.69 Å². The molecule has 1 aliphatic heterocycles. The van der Waals surface area contributed by atoms with Gasteiger partial charge in [0, 0.05) is 24.7 Å². The molecule has 1 heterocycles. The van der Waals surface area contributed by atoms with E-state index < -0.39 is 0 Å². The van der Waals surface area contributed by atoms with E-state index in [-0.39, 0.29) is 11.9 Å². The lowest BCUT2D eigenvalue weighted by atomic mass is 9.97. The highest BCUT2D eigenvalue weighted by atomic mass is 16.2. The van der Waals surface area contributed by atoms with E-state index in [1.54, 1.807) is 0 Å². The Hall–Kier alpha value is -1.61. The minimum atomic E-state index is 0.0537. The zero-order chi connectivity index (χ0) is 13.2. The number of amides is 1. The summed E-state index contributed by atoms with van der Waals surface area (Å²) in [6.45, 7) is 0.645. The fourth-order valence-corrected chi connectivity index (χ4v) is 3.06. The number of nitrogens with two attached hydrogens (primary N) is 1. The first-order valence-electron chi connectivity index (χ1n) is 7.04. The van der Waals surface area contributed by atoms with Gasteiger partial charge < -0.3 is 10.6 Å². The average Bonchev–Trinajstić information content (AvgIpc) is 2.90. The number of hydrogen-bond donors (Lipinski definition) is 1. The van der Waals surface area contributed by atoms with Crippen molar-refractivity contribution < 1.29 is 4.79 Å². The highest BCUT2D eigenvalue weighted by molar-refractivity contribution is 5.95. The molecule has 2 atom stereocenters. The molecule has 0 spiro atoms. The van der Waals surface area contributed by atoms with E-state index in [0.717, 1.165) is 24.9 Å². The lowest BCUT2D eigenvalue weighted by Gasteiger charge is -2.33. The van der Waals surface area contributed by atoms with Crippen molar-refractivity contribution in [3.8, 4) is 0 Å². The van der Waals surface area contributed by atoms with Gasteiger partial charge in [0.2, 0.25) is 5.91 Å². The molecule has 1 aromatic carbocycles. The van der Waals surface area contributed by atoms with Gasteiger partial charge in [-0.2, -0.15) is 0 Å². The number of hydrogen-bond acceptors (Lipinski definition) is 2. The van der Waals surface area contributed by atoms with E-state index in [1.165, 1.54) is 5.56 Å². The van der Waals surface area contributed by atoms with Crippen LogP contribution in [0.15, 0.2) is 36.4 Å². The lowest BCUT2D eigenvalue weighted by Crippen LogP contribution is -2.46.